The first-order chi connectivity index (χ1) is 12.5. The number of hydrogen-bond acceptors (Lipinski definition) is 5. The van der Waals surface area contributed by atoms with E-state index in [1.165, 1.54) is 12.4 Å². The maximum atomic E-state index is 12.2. The van der Waals surface area contributed by atoms with E-state index in [2.05, 4.69) is 15.3 Å². The summed E-state index contributed by atoms with van der Waals surface area (Å²) in [4.78, 5) is 41.5. The fraction of sp³-hybridized carbons (Fsp3) is 0.333. The monoisotopic (exact) mass is 357 g/mol. The number of H-pyrrole nitrogens is 1. The summed E-state index contributed by atoms with van der Waals surface area (Å²) in [6.07, 6.45) is 3.06. The maximum Gasteiger partial charge on any atom is 0.329 e. The van der Waals surface area contributed by atoms with E-state index in [4.69, 9.17) is 4.74 Å². The van der Waals surface area contributed by atoms with Gasteiger partial charge in [0.1, 0.15) is 5.54 Å². The number of carbonyl (C=O) groups excluding carboxylic acids is 1. The zero-order valence-corrected chi connectivity index (χ0v) is 14.0. The number of aromatic nitrogens is 2. The van der Waals surface area contributed by atoms with Gasteiger partial charge in [-0.2, -0.15) is 0 Å². The Morgan fingerprint density at radius 3 is 2.69 bits per heavy atom. The molecule has 8 nitrogen and oxygen atoms in total. The third-order valence-electron chi connectivity index (χ3n) is 4.42. The Kier molecular flexibility index (Phi) is 5.13. The Labute approximate surface area is 149 Å². The van der Waals surface area contributed by atoms with Gasteiger partial charge >= 0.3 is 5.97 Å². The molecule has 26 heavy (non-hydrogen) atoms. The molecule has 1 saturated carbocycles. The molecular formula is C18H19N3O5. The van der Waals surface area contributed by atoms with E-state index < -0.39 is 23.0 Å². The fourth-order valence-electron chi connectivity index (χ4n) is 3.08. The van der Waals surface area contributed by atoms with Gasteiger partial charge in [-0.15, -0.1) is 0 Å². The Morgan fingerprint density at radius 2 is 2.04 bits per heavy atom. The second kappa shape index (κ2) is 7.49. The van der Waals surface area contributed by atoms with Crippen LogP contribution in [0.4, 0.5) is 0 Å². The largest absolute Gasteiger partial charge is 0.480 e. The van der Waals surface area contributed by atoms with Gasteiger partial charge in [0.2, 0.25) is 0 Å². The number of hydrogen-bond donors (Lipinski definition) is 3. The van der Waals surface area contributed by atoms with Crippen LogP contribution in [0.3, 0.4) is 0 Å². The van der Waals surface area contributed by atoms with Gasteiger partial charge in [-0.05, 0) is 24.3 Å². The summed E-state index contributed by atoms with van der Waals surface area (Å²) in [5.41, 5.74) is -1.36. The number of ether oxygens (including phenoxy) is 1. The molecule has 2 aromatic rings. The molecule has 1 aliphatic carbocycles. The molecule has 0 radical (unpaired) electrons. The van der Waals surface area contributed by atoms with Crippen LogP contribution < -0.4 is 10.9 Å². The van der Waals surface area contributed by atoms with E-state index in [0.29, 0.717) is 13.2 Å². The van der Waals surface area contributed by atoms with Crippen molar-refractivity contribution < 1.29 is 19.4 Å². The van der Waals surface area contributed by atoms with E-state index in [1.54, 1.807) is 0 Å². The molecule has 0 bridgehead atoms. The lowest BCUT2D eigenvalue weighted by Crippen LogP contribution is -2.63. The van der Waals surface area contributed by atoms with Gasteiger partial charge in [-0.25, -0.2) is 9.78 Å². The van der Waals surface area contributed by atoms with Crippen LogP contribution in [-0.4, -0.2) is 39.1 Å². The van der Waals surface area contributed by atoms with Crippen LogP contribution in [0.2, 0.25) is 0 Å². The van der Waals surface area contributed by atoms with Crippen LogP contribution in [0, 0.1) is 5.92 Å². The van der Waals surface area contributed by atoms with Crippen LogP contribution in [0.25, 0.3) is 0 Å². The van der Waals surface area contributed by atoms with E-state index >= 15 is 0 Å². The van der Waals surface area contributed by atoms with Crippen molar-refractivity contribution in [3.8, 4) is 0 Å². The third-order valence-corrected chi connectivity index (χ3v) is 4.42. The van der Waals surface area contributed by atoms with Crippen LogP contribution in [-0.2, 0) is 16.1 Å². The number of carbonyl (C=O) groups is 2. The van der Waals surface area contributed by atoms with Crippen molar-refractivity contribution >= 4 is 11.9 Å². The molecule has 136 valence electrons. The number of benzene rings is 1. The summed E-state index contributed by atoms with van der Waals surface area (Å²) >= 11 is 0. The molecule has 0 saturated heterocycles. The van der Waals surface area contributed by atoms with Gasteiger partial charge in [0.05, 0.1) is 13.2 Å². The summed E-state index contributed by atoms with van der Waals surface area (Å²) in [6.45, 7) is 0.858. The average Bonchev–Trinajstić information content (AvgIpc) is 2.60. The second-order valence-electron chi connectivity index (χ2n) is 6.38. The van der Waals surface area contributed by atoms with Gasteiger partial charge < -0.3 is 20.1 Å². The Hall–Kier alpha value is -3.00. The van der Waals surface area contributed by atoms with Crippen molar-refractivity contribution in [1.29, 1.82) is 0 Å². The van der Waals surface area contributed by atoms with E-state index in [-0.39, 0.29) is 24.5 Å². The Morgan fingerprint density at radius 1 is 1.31 bits per heavy atom. The molecule has 1 amide bonds. The molecule has 1 aromatic carbocycles. The van der Waals surface area contributed by atoms with Crippen molar-refractivity contribution in [2.75, 3.05) is 6.61 Å². The van der Waals surface area contributed by atoms with Gasteiger partial charge in [-0.1, -0.05) is 30.3 Å². The first-order valence-electron chi connectivity index (χ1n) is 8.21. The number of carboxylic acids is 1. The lowest BCUT2D eigenvalue weighted by molar-refractivity contribution is -0.152. The van der Waals surface area contributed by atoms with E-state index in [0.717, 1.165) is 5.56 Å². The number of nitrogens with zero attached hydrogens (tertiary/aromatic N) is 1. The van der Waals surface area contributed by atoms with Gasteiger partial charge in [0, 0.05) is 12.4 Å². The normalized spacial score (nSPS) is 21.6. The molecule has 3 N–H and O–H groups in total. The van der Waals surface area contributed by atoms with Gasteiger partial charge in [0.15, 0.2) is 5.69 Å². The molecule has 0 unspecified atom stereocenters. The Balaban J connectivity index is 1.54. The number of carboxylic acid groups (broad SMARTS) is 1. The van der Waals surface area contributed by atoms with Crippen molar-refractivity contribution in [3.63, 3.8) is 0 Å². The smallest absolute Gasteiger partial charge is 0.329 e. The Bertz CT molecular complexity index is 843. The van der Waals surface area contributed by atoms with Crippen molar-refractivity contribution in [2.45, 2.75) is 25.0 Å². The number of nitrogens with one attached hydrogen (secondary N) is 2. The standard InChI is InChI=1S/C18H19N3O5/c22-15-14(19-6-7-20-15)16(23)21-18(17(24)25)8-13(9-18)11-26-10-12-4-2-1-3-5-12/h1-7,13H,8-11H2,(H,20,22)(H,21,23)(H,24,25). The number of amides is 1. The first-order valence-corrected chi connectivity index (χ1v) is 8.21. The summed E-state index contributed by atoms with van der Waals surface area (Å²) in [7, 11) is 0. The van der Waals surface area contributed by atoms with E-state index in [1.807, 2.05) is 30.3 Å². The maximum absolute atomic E-state index is 12.2. The lowest BCUT2D eigenvalue weighted by Gasteiger charge is -2.44. The molecule has 3 rings (SSSR count). The second-order valence-corrected chi connectivity index (χ2v) is 6.38. The molecule has 8 heteroatoms. The van der Waals surface area contributed by atoms with Gasteiger partial charge in [0.25, 0.3) is 11.5 Å². The predicted molar refractivity (Wildman–Crippen MR) is 91.5 cm³/mol. The van der Waals surface area contributed by atoms with Crippen molar-refractivity contribution in [2.24, 2.45) is 5.92 Å². The highest BCUT2D eigenvalue weighted by Crippen LogP contribution is 2.38. The predicted octanol–water partition coefficient (Wildman–Crippen LogP) is 0.950. The van der Waals surface area contributed by atoms with Crippen molar-refractivity contribution in [1.82, 2.24) is 15.3 Å². The third kappa shape index (κ3) is 3.80. The minimum atomic E-state index is -1.39. The minimum Gasteiger partial charge on any atom is -0.480 e. The number of aliphatic carboxylic acids is 1. The quantitative estimate of drug-likeness (QED) is 0.678. The topological polar surface area (TPSA) is 121 Å². The highest BCUT2D eigenvalue weighted by atomic mass is 16.5. The summed E-state index contributed by atoms with van der Waals surface area (Å²) in [5, 5.41) is 12.0. The van der Waals surface area contributed by atoms with E-state index in [9.17, 15) is 19.5 Å². The summed E-state index contributed by atoms with van der Waals surface area (Å²) in [6, 6.07) is 9.67. The van der Waals surface area contributed by atoms with Crippen LogP contribution in [0.1, 0.15) is 28.9 Å². The summed E-state index contributed by atoms with van der Waals surface area (Å²) < 4.78 is 5.63. The summed E-state index contributed by atoms with van der Waals surface area (Å²) in [5.74, 6) is -1.90. The molecule has 1 aliphatic rings. The average molecular weight is 357 g/mol. The van der Waals surface area contributed by atoms with Crippen LogP contribution >= 0.6 is 0 Å². The highest BCUT2D eigenvalue weighted by molar-refractivity contribution is 5.96. The molecular weight excluding hydrogens is 338 g/mol. The van der Waals surface area contributed by atoms with Crippen LogP contribution in [0.15, 0.2) is 47.5 Å². The fourth-order valence-corrected chi connectivity index (χ4v) is 3.08. The minimum absolute atomic E-state index is 0.0251. The highest BCUT2D eigenvalue weighted by Gasteiger charge is 2.51. The molecule has 0 spiro atoms. The SMILES string of the molecule is O=C(NC1(C(=O)O)CC(COCc2ccccc2)C1)c1ncc[nH]c1=O. The molecule has 1 fully saturated rings. The van der Waals surface area contributed by atoms with Gasteiger partial charge in [-0.3, -0.25) is 9.59 Å². The number of aromatic amines is 1. The van der Waals surface area contributed by atoms with Crippen LogP contribution in [0.5, 0.6) is 0 Å². The lowest BCUT2D eigenvalue weighted by atomic mass is 9.68. The molecule has 0 aliphatic heterocycles. The first kappa shape index (κ1) is 17.8. The number of rotatable bonds is 7. The molecule has 1 aromatic heterocycles. The zero-order chi connectivity index (χ0) is 18.6. The van der Waals surface area contributed by atoms with Crippen molar-refractivity contribution in [3.05, 3.63) is 64.3 Å². The zero-order valence-electron chi connectivity index (χ0n) is 14.0. The molecule has 1 heterocycles. The molecule has 0 atom stereocenters.